The van der Waals surface area contributed by atoms with E-state index in [1.165, 1.54) is 36.8 Å². The lowest BCUT2D eigenvalue weighted by atomic mass is 10.0. The molecule has 1 aliphatic heterocycles. The first-order chi connectivity index (χ1) is 10.9. The number of hydrogen-bond acceptors (Lipinski definition) is 3. The number of likely N-dealkylation sites (tertiary alicyclic amines) is 1. The molecule has 2 aromatic rings. The van der Waals surface area contributed by atoms with Crippen molar-refractivity contribution >= 4 is 0 Å². The van der Waals surface area contributed by atoms with Gasteiger partial charge in [-0.3, -0.25) is 9.88 Å². The summed E-state index contributed by atoms with van der Waals surface area (Å²) in [6, 6.07) is 13.3. The molecular formula is C19H24N2O. The Kier molecular flexibility index (Phi) is 5.07. The van der Waals surface area contributed by atoms with Crippen LogP contribution in [0.5, 0.6) is 5.75 Å². The molecule has 0 N–H and O–H groups in total. The molecule has 116 valence electrons. The summed E-state index contributed by atoms with van der Waals surface area (Å²) >= 11 is 0. The van der Waals surface area contributed by atoms with Gasteiger partial charge in [-0.15, -0.1) is 0 Å². The molecule has 3 rings (SSSR count). The number of ether oxygens (including phenoxy) is 1. The average molecular weight is 296 g/mol. The van der Waals surface area contributed by atoms with Crippen LogP contribution in [0, 0.1) is 0 Å². The highest BCUT2D eigenvalue weighted by Crippen LogP contribution is 2.32. The fourth-order valence-corrected chi connectivity index (χ4v) is 3.29. The maximum absolute atomic E-state index is 5.28. The summed E-state index contributed by atoms with van der Waals surface area (Å²) in [4.78, 5) is 6.85. The first-order valence-corrected chi connectivity index (χ1v) is 8.14. The lowest BCUT2D eigenvalue weighted by Gasteiger charge is -2.30. The van der Waals surface area contributed by atoms with Crippen LogP contribution in [-0.4, -0.2) is 23.5 Å². The van der Waals surface area contributed by atoms with Gasteiger partial charge in [0, 0.05) is 25.0 Å². The van der Waals surface area contributed by atoms with Crippen molar-refractivity contribution in [2.45, 2.75) is 38.3 Å². The molecule has 0 radical (unpaired) electrons. The van der Waals surface area contributed by atoms with Crippen molar-refractivity contribution in [3.05, 3.63) is 59.9 Å². The van der Waals surface area contributed by atoms with Crippen LogP contribution in [0.3, 0.4) is 0 Å². The average Bonchev–Trinajstić information content (AvgIpc) is 2.81. The van der Waals surface area contributed by atoms with Crippen LogP contribution in [-0.2, 0) is 6.54 Å². The van der Waals surface area contributed by atoms with Crippen molar-refractivity contribution in [1.82, 2.24) is 9.88 Å². The number of pyridine rings is 1. The normalized spacial score (nSPS) is 19.6. The second kappa shape index (κ2) is 7.41. The number of methoxy groups -OCH3 is 1. The Bertz CT molecular complexity index is 568. The van der Waals surface area contributed by atoms with Crippen LogP contribution in [0.1, 0.15) is 42.9 Å². The quantitative estimate of drug-likeness (QED) is 0.845. The third-order valence-corrected chi connectivity index (χ3v) is 4.47. The summed E-state index contributed by atoms with van der Waals surface area (Å²) in [5, 5.41) is 0. The molecule has 0 amide bonds. The van der Waals surface area contributed by atoms with Gasteiger partial charge in [0.2, 0.25) is 0 Å². The summed E-state index contributed by atoms with van der Waals surface area (Å²) in [5.74, 6) is 0.927. The van der Waals surface area contributed by atoms with E-state index >= 15 is 0 Å². The van der Waals surface area contributed by atoms with Gasteiger partial charge in [-0.05, 0) is 48.7 Å². The smallest absolute Gasteiger partial charge is 0.118 e. The molecule has 1 unspecified atom stereocenters. The Morgan fingerprint density at radius 1 is 1.14 bits per heavy atom. The second-order valence-corrected chi connectivity index (χ2v) is 5.97. The van der Waals surface area contributed by atoms with Crippen LogP contribution in [0.4, 0.5) is 0 Å². The van der Waals surface area contributed by atoms with Crippen LogP contribution in [0.15, 0.2) is 48.8 Å². The predicted molar refractivity (Wildman–Crippen MR) is 88.9 cm³/mol. The fourth-order valence-electron chi connectivity index (χ4n) is 3.29. The minimum absolute atomic E-state index is 0.494. The largest absolute Gasteiger partial charge is 0.497 e. The van der Waals surface area contributed by atoms with E-state index in [2.05, 4.69) is 40.2 Å². The number of nitrogens with zero attached hydrogens (tertiary/aromatic N) is 2. The fraction of sp³-hybridized carbons (Fsp3) is 0.421. The lowest BCUT2D eigenvalue weighted by Crippen LogP contribution is -2.28. The molecule has 0 spiro atoms. The van der Waals surface area contributed by atoms with Crippen LogP contribution < -0.4 is 4.74 Å². The molecule has 3 nitrogen and oxygen atoms in total. The predicted octanol–water partition coefficient (Wildman–Crippen LogP) is 4.21. The van der Waals surface area contributed by atoms with Crippen molar-refractivity contribution in [3.8, 4) is 5.75 Å². The highest BCUT2D eigenvalue weighted by molar-refractivity contribution is 5.29. The van der Waals surface area contributed by atoms with E-state index in [4.69, 9.17) is 4.74 Å². The third-order valence-electron chi connectivity index (χ3n) is 4.47. The number of benzene rings is 1. The van der Waals surface area contributed by atoms with Crippen molar-refractivity contribution in [1.29, 1.82) is 0 Å². The third kappa shape index (κ3) is 3.66. The highest BCUT2D eigenvalue weighted by Gasteiger charge is 2.22. The van der Waals surface area contributed by atoms with E-state index in [0.717, 1.165) is 18.8 Å². The molecule has 3 heteroatoms. The Labute approximate surface area is 132 Å². The van der Waals surface area contributed by atoms with Gasteiger partial charge in [-0.1, -0.05) is 31.0 Å². The van der Waals surface area contributed by atoms with Crippen molar-refractivity contribution < 1.29 is 4.74 Å². The van der Waals surface area contributed by atoms with Gasteiger partial charge in [0.15, 0.2) is 0 Å². The van der Waals surface area contributed by atoms with Crippen molar-refractivity contribution in [2.75, 3.05) is 13.7 Å². The summed E-state index contributed by atoms with van der Waals surface area (Å²) in [5.41, 5.74) is 2.69. The van der Waals surface area contributed by atoms with E-state index in [9.17, 15) is 0 Å². The highest BCUT2D eigenvalue weighted by atomic mass is 16.5. The topological polar surface area (TPSA) is 25.4 Å². The van der Waals surface area contributed by atoms with Crippen LogP contribution >= 0.6 is 0 Å². The first kappa shape index (κ1) is 15.0. The molecular weight excluding hydrogens is 272 g/mol. The molecule has 0 bridgehead atoms. The second-order valence-electron chi connectivity index (χ2n) is 5.97. The molecule has 0 saturated carbocycles. The standard InChI is InChI=1S/C19H24N2O/c1-22-18-10-8-17(9-11-18)19-7-3-2-4-13-21(19)15-16-6-5-12-20-14-16/h5-6,8-12,14,19H,2-4,7,13,15H2,1H3. The number of hydrogen-bond donors (Lipinski definition) is 0. The number of aromatic nitrogens is 1. The summed E-state index contributed by atoms with van der Waals surface area (Å²) in [6.45, 7) is 2.14. The maximum atomic E-state index is 5.28. The number of rotatable bonds is 4. The minimum Gasteiger partial charge on any atom is -0.497 e. The molecule has 1 saturated heterocycles. The van der Waals surface area contributed by atoms with Crippen LogP contribution in [0.25, 0.3) is 0 Å². The van der Waals surface area contributed by atoms with Gasteiger partial charge < -0.3 is 4.74 Å². The molecule has 2 heterocycles. The Balaban J connectivity index is 1.80. The van der Waals surface area contributed by atoms with Gasteiger partial charge in [0.25, 0.3) is 0 Å². The lowest BCUT2D eigenvalue weighted by molar-refractivity contribution is 0.192. The van der Waals surface area contributed by atoms with Crippen LogP contribution in [0.2, 0.25) is 0 Å². The first-order valence-electron chi connectivity index (χ1n) is 8.14. The summed E-state index contributed by atoms with van der Waals surface area (Å²) in [7, 11) is 1.72. The van der Waals surface area contributed by atoms with Gasteiger partial charge in [0.1, 0.15) is 5.75 Å². The summed E-state index contributed by atoms with van der Waals surface area (Å²) in [6.07, 6.45) is 8.97. The van der Waals surface area contributed by atoms with E-state index in [1.807, 2.05) is 18.5 Å². The monoisotopic (exact) mass is 296 g/mol. The zero-order valence-corrected chi connectivity index (χ0v) is 13.2. The van der Waals surface area contributed by atoms with Gasteiger partial charge in [0.05, 0.1) is 7.11 Å². The van der Waals surface area contributed by atoms with Gasteiger partial charge in [-0.25, -0.2) is 0 Å². The molecule has 1 fully saturated rings. The Morgan fingerprint density at radius 3 is 2.73 bits per heavy atom. The Hall–Kier alpha value is -1.87. The molecule has 1 atom stereocenters. The van der Waals surface area contributed by atoms with E-state index in [1.54, 1.807) is 7.11 Å². The van der Waals surface area contributed by atoms with Crippen molar-refractivity contribution in [3.63, 3.8) is 0 Å². The molecule has 1 aliphatic rings. The Morgan fingerprint density at radius 2 is 2.00 bits per heavy atom. The van der Waals surface area contributed by atoms with Gasteiger partial charge in [-0.2, -0.15) is 0 Å². The zero-order valence-electron chi connectivity index (χ0n) is 13.2. The molecule has 22 heavy (non-hydrogen) atoms. The minimum atomic E-state index is 0.494. The molecule has 1 aromatic carbocycles. The van der Waals surface area contributed by atoms with E-state index in [-0.39, 0.29) is 0 Å². The van der Waals surface area contributed by atoms with E-state index < -0.39 is 0 Å². The molecule has 1 aromatic heterocycles. The van der Waals surface area contributed by atoms with E-state index in [0.29, 0.717) is 6.04 Å². The molecule has 0 aliphatic carbocycles. The maximum Gasteiger partial charge on any atom is 0.118 e. The SMILES string of the molecule is COc1ccc(C2CCCCCN2Cc2cccnc2)cc1. The van der Waals surface area contributed by atoms with Crippen molar-refractivity contribution in [2.24, 2.45) is 0 Å². The zero-order chi connectivity index (χ0) is 15.2. The summed E-state index contributed by atoms with van der Waals surface area (Å²) < 4.78 is 5.28. The van der Waals surface area contributed by atoms with Gasteiger partial charge >= 0.3 is 0 Å².